The summed E-state index contributed by atoms with van der Waals surface area (Å²) in [6.07, 6.45) is 5.40. The van der Waals surface area contributed by atoms with Crippen LogP contribution in [0.3, 0.4) is 0 Å². The van der Waals surface area contributed by atoms with Gasteiger partial charge in [0, 0.05) is 24.0 Å². The lowest BCUT2D eigenvalue weighted by Crippen LogP contribution is -2.44. The summed E-state index contributed by atoms with van der Waals surface area (Å²) in [4.78, 5) is 29.1. The Balaban J connectivity index is 1.66. The predicted molar refractivity (Wildman–Crippen MR) is 91.9 cm³/mol. The number of oxime groups is 1. The van der Waals surface area contributed by atoms with E-state index in [0.29, 0.717) is 25.0 Å². The Morgan fingerprint density at radius 2 is 2.12 bits per heavy atom. The number of carbonyl (C=O) groups excluding carboxylic acids is 2. The average molecular weight is 338 g/mol. The van der Waals surface area contributed by atoms with Gasteiger partial charge in [0.15, 0.2) is 6.10 Å². The van der Waals surface area contributed by atoms with E-state index in [0.717, 1.165) is 22.5 Å². The van der Waals surface area contributed by atoms with Crippen molar-refractivity contribution in [3.8, 4) is 5.75 Å². The van der Waals surface area contributed by atoms with Crippen molar-refractivity contribution in [1.29, 1.82) is 0 Å². The van der Waals surface area contributed by atoms with E-state index in [1.54, 1.807) is 7.11 Å². The number of methoxy groups -OCH3 is 1. The topological polar surface area (TPSA) is 77.0 Å². The molecule has 2 amide bonds. The van der Waals surface area contributed by atoms with Gasteiger partial charge in [-0.1, -0.05) is 29.4 Å². The molecular weight excluding hydrogens is 320 g/mol. The maximum Gasteiger partial charge on any atom is 0.235 e. The molecule has 1 N–H and O–H groups in total. The first-order valence-corrected chi connectivity index (χ1v) is 8.30. The van der Waals surface area contributed by atoms with Crippen LogP contribution in [0, 0.1) is 5.92 Å². The quantitative estimate of drug-likeness (QED) is 0.857. The Morgan fingerprint density at radius 3 is 2.92 bits per heavy atom. The highest BCUT2D eigenvalue weighted by atomic mass is 16.6. The Bertz CT molecular complexity index is 838. The number of nitrogens with zero attached hydrogens (tertiary/aromatic N) is 1. The molecule has 25 heavy (non-hydrogen) atoms. The van der Waals surface area contributed by atoms with Crippen LogP contribution in [0.2, 0.25) is 0 Å². The molecule has 3 aliphatic rings. The number of nitrogens with one attached hydrogen (secondary N) is 1. The van der Waals surface area contributed by atoms with E-state index >= 15 is 0 Å². The number of para-hydroxylation sites is 1. The number of carbonyl (C=O) groups is 2. The van der Waals surface area contributed by atoms with E-state index in [1.165, 1.54) is 0 Å². The van der Waals surface area contributed by atoms with Crippen LogP contribution in [-0.2, 0) is 14.4 Å². The van der Waals surface area contributed by atoms with Gasteiger partial charge in [0.05, 0.1) is 18.7 Å². The summed E-state index contributed by atoms with van der Waals surface area (Å²) >= 11 is 0. The summed E-state index contributed by atoms with van der Waals surface area (Å²) in [7, 11) is 1.65. The summed E-state index contributed by atoms with van der Waals surface area (Å²) < 4.78 is 5.45. The van der Waals surface area contributed by atoms with Crippen LogP contribution >= 0.6 is 0 Å². The van der Waals surface area contributed by atoms with Crippen molar-refractivity contribution in [3.63, 3.8) is 0 Å². The predicted octanol–water partition coefficient (Wildman–Crippen LogP) is 2.22. The number of hydrogen-bond acceptors (Lipinski definition) is 5. The summed E-state index contributed by atoms with van der Waals surface area (Å²) in [5.41, 5.74) is 3.56. The van der Waals surface area contributed by atoms with Crippen molar-refractivity contribution < 1.29 is 19.2 Å². The van der Waals surface area contributed by atoms with Crippen molar-refractivity contribution in [2.45, 2.75) is 25.4 Å². The molecule has 4 rings (SSSR count). The number of fused-ring (bicyclic) bond motifs is 1. The summed E-state index contributed by atoms with van der Waals surface area (Å²) in [6.45, 7) is 0. The molecule has 0 aromatic heterocycles. The van der Waals surface area contributed by atoms with Crippen LogP contribution in [0.5, 0.6) is 5.75 Å². The molecule has 128 valence electrons. The number of hydrogen-bond donors (Lipinski definition) is 1. The van der Waals surface area contributed by atoms with Gasteiger partial charge in [-0.05, 0) is 24.1 Å². The zero-order chi connectivity index (χ0) is 17.4. The van der Waals surface area contributed by atoms with Crippen molar-refractivity contribution in [3.05, 3.63) is 47.6 Å². The Kier molecular flexibility index (Phi) is 3.87. The Labute approximate surface area is 145 Å². The summed E-state index contributed by atoms with van der Waals surface area (Å²) in [5, 5.41) is 6.55. The number of imide groups is 1. The molecule has 1 saturated heterocycles. The molecular formula is C19H18N2O4. The molecule has 0 radical (unpaired) electrons. The minimum atomic E-state index is -0.439. The second kappa shape index (κ2) is 6.20. The van der Waals surface area contributed by atoms with Crippen LogP contribution in [0.4, 0.5) is 0 Å². The van der Waals surface area contributed by atoms with Gasteiger partial charge < -0.3 is 9.57 Å². The highest BCUT2D eigenvalue weighted by molar-refractivity contribution is 6.18. The van der Waals surface area contributed by atoms with Gasteiger partial charge in [-0.25, -0.2) is 0 Å². The lowest BCUT2D eigenvalue weighted by atomic mass is 9.83. The molecule has 1 fully saturated rings. The van der Waals surface area contributed by atoms with E-state index < -0.39 is 5.92 Å². The van der Waals surface area contributed by atoms with Crippen molar-refractivity contribution in [2.75, 3.05) is 7.11 Å². The van der Waals surface area contributed by atoms with Gasteiger partial charge in [-0.2, -0.15) is 0 Å². The fraction of sp³-hybridized carbons (Fsp3) is 0.316. The molecule has 1 aromatic rings. The van der Waals surface area contributed by atoms with E-state index in [9.17, 15) is 9.59 Å². The summed E-state index contributed by atoms with van der Waals surface area (Å²) in [6, 6.07) is 7.81. The highest BCUT2D eigenvalue weighted by Crippen LogP contribution is 2.37. The molecule has 1 aromatic carbocycles. The second-order valence-corrected chi connectivity index (χ2v) is 6.27. The average Bonchev–Trinajstić information content (AvgIpc) is 3.04. The minimum absolute atomic E-state index is 0.168. The van der Waals surface area contributed by atoms with Crippen molar-refractivity contribution in [2.24, 2.45) is 11.1 Å². The van der Waals surface area contributed by atoms with Gasteiger partial charge in [-0.3, -0.25) is 14.9 Å². The second-order valence-electron chi connectivity index (χ2n) is 6.27. The largest absolute Gasteiger partial charge is 0.496 e. The fourth-order valence-electron chi connectivity index (χ4n) is 3.48. The van der Waals surface area contributed by atoms with Gasteiger partial charge in [0.1, 0.15) is 5.75 Å². The van der Waals surface area contributed by atoms with Gasteiger partial charge in [0.25, 0.3) is 0 Å². The molecule has 0 bridgehead atoms. The Hall–Kier alpha value is -2.89. The molecule has 6 nitrogen and oxygen atoms in total. The lowest BCUT2D eigenvalue weighted by molar-refractivity contribution is -0.134. The van der Waals surface area contributed by atoms with Gasteiger partial charge >= 0.3 is 0 Å². The number of allylic oxidation sites excluding steroid dienone is 2. The first-order valence-electron chi connectivity index (χ1n) is 8.30. The van der Waals surface area contributed by atoms with Crippen LogP contribution in [0.1, 0.15) is 24.8 Å². The zero-order valence-corrected chi connectivity index (χ0v) is 13.8. The number of rotatable bonds is 3. The fourth-order valence-corrected chi connectivity index (χ4v) is 3.48. The Morgan fingerprint density at radius 1 is 1.28 bits per heavy atom. The maximum atomic E-state index is 12.2. The normalized spacial score (nSPS) is 25.2. The molecule has 0 saturated carbocycles. The summed E-state index contributed by atoms with van der Waals surface area (Å²) in [5.74, 6) is -0.175. The van der Waals surface area contributed by atoms with Crippen LogP contribution in [0.15, 0.2) is 47.1 Å². The number of piperidine rings is 1. The van der Waals surface area contributed by atoms with Gasteiger partial charge in [0.2, 0.25) is 11.8 Å². The van der Waals surface area contributed by atoms with E-state index in [-0.39, 0.29) is 17.9 Å². The maximum absolute atomic E-state index is 12.2. The minimum Gasteiger partial charge on any atom is -0.496 e. The first-order chi connectivity index (χ1) is 12.2. The number of ether oxygens (including phenoxy) is 1. The van der Waals surface area contributed by atoms with Gasteiger partial charge in [-0.15, -0.1) is 0 Å². The van der Waals surface area contributed by atoms with Crippen LogP contribution < -0.4 is 10.1 Å². The van der Waals surface area contributed by atoms with Crippen LogP contribution in [0.25, 0.3) is 5.57 Å². The molecule has 2 heterocycles. The number of benzene rings is 1. The monoisotopic (exact) mass is 338 g/mol. The third-order valence-electron chi connectivity index (χ3n) is 4.77. The highest BCUT2D eigenvalue weighted by Gasteiger charge is 2.39. The van der Waals surface area contributed by atoms with Crippen molar-refractivity contribution >= 4 is 23.1 Å². The third-order valence-corrected chi connectivity index (χ3v) is 4.77. The molecule has 2 aliphatic heterocycles. The van der Waals surface area contributed by atoms with E-state index in [4.69, 9.17) is 9.57 Å². The van der Waals surface area contributed by atoms with E-state index in [1.807, 2.05) is 30.3 Å². The van der Waals surface area contributed by atoms with E-state index in [2.05, 4.69) is 16.5 Å². The molecule has 0 spiro atoms. The molecule has 2 unspecified atom stereocenters. The standard InChI is InChI=1S/C19H18N2O4/c1-24-15-5-3-2-4-12(15)11-6-8-16-14(10-11)18(21-25-16)13-7-9-17(22)20-19(13)23/h2-6,10,13,16H,7-9H2,1H3,(H,20,22,23). The first kappa shape index (κ1) is 15.6. The third kappa shape index (κ3) is 2.73. The lowest BCUT2D eigenvalue weighted by Gasteiger charge is -2.23. The zero-order valence-electron chi connectivity index (χ0n) is 13.8. The molecule has 2 atom stereocenters. The van der Waals surface area contributed by atoms with Crippen molar-refractivity contribution in [1.82, 2.24) is 5.32 Å². The molecule has 6 heteroatoms. The van der Waals surface area contributed by atoms with Crippen LogP contribution in [-0.4, -0.2) is 30.7 Å². The molecule has 1 aliphatic carbocycles. The smallest absolute Gasteiger partial charge is 0.235 e. The SMILES string of the molecule is COc1ccccc1C1=CCC2ON=C(C3CCC(=O)NC3=O)C2=C1. The number of amides is 2.